The number of aryl methyl sites for hydroxylation is 3. The molecule has 4 nitrogen and oxygen atoms in total. The molecular weight excluding hydrogens is 352 g/mol. The third-order valence-corrected chi connectivity index (χ3v) is 5.84. The summed E-state index contributed by atoms with van der Waals surface area (Å²) >= 11 is 0. The van der Waals surface area contributed by atoms with E-state index in [2.05, 4.69) is 25.1 Å². The Bertz CT molecular complexity index is 659. The third kappa shape index (κ3) is 8.04. The Morgan fingerprint density at radius 2 is 1.29 bits per heavy atom. The Labute approximate surface area is 170 Å². The molecule has 0 bridgehead atoms. The average molecular weight is 391 g/mol. The van der Waals surface area contributed by atoms with Crippen LogP contribution in [0.4, 0.5) is 0 Å². The largest absolute Gasteiger partial charge is 0.481 e. The SMILES string of the molecule is Cc1ccc(CCCCC(C)(C)C(=O)O)cc1CCCCCC(C)(C)C(=O)O. The van der Waals surface area contributed by atoms with Crippen molar-refractivity contribution in [3.63, 3.8) is 0 Å². The van der Waals surface area contributed by atoms with Crippen molar-refractivity contribution in [3.05, 3.63) is 34.9 Å². The molecule has 28 heavy (non-hydrogen) atoms. The maximum absolute atomic E-state index is 11.2. The van der Waals surface area contributed by atoms with E-state index in [1.54, 1.807) is 27.7 Å². The molecule has 1 rings (SSSR count). The molecule has 1 aromatic carbocycles. The van der Waals surface area contributed by atoms with Crippen LogP contribution >= 0.6 is 0 Å². The zero-order valence-electron chi connectivity index (χ0n) is 18.3. The summed E-state index contributed by atoms with van der Waals surface area (Å²) in [6, 6.07) is 6.65. The van der Waals surface area contributed by atoms with Gasteiger partial charge in [0, 0.05) is 0 Å². The molecule has 0 saturated heterocycles. The lowest BCUT2D eigenvalue weighted by Crippen LogP contribution is -2.23. The highest BCUT2D eigenvalue weighted by molar-refractivity contribution is 5.73. The number of carboxylic acid groups (broad SMARTS) is 2. The molecule has 0 fully saturated rings. The van der Waals surface area contributed by atoms with Gasteiger partial charge in [-0.25, -0.2) is 0 Å². The van der Waals surface area contributed by atoms with Gasteiger partial charge in [0.15, 0.2) is 0 Å². The van der Waals surface area contributed by atoms with E-state index in [0.717, 1.165) is 44.9 Å². The Morgan fingerprint density at radius 3 is 1.82 bits per heavy atom. The van der Waals surface area contributed by atoms with Gasteiger partial charge in [-0.1, -0.05) is 37.5 Å². The van der Waals surface area contributed by atoms with Crippen molar-refractivity contribution >= 4 is 11.9 Å². The number of carboxylic acids is 2. The summed E-state index contributed by atoms with van der Waals surface area (Å²) in [6.07, 6.45) is 8.41. The molecule has 0 aliphatic carbocycles. The van der Waals surface area contributed by atoms with E-state index >= 15 is 0 Å². The number of carbonyl (C=O) groups is 2. The van der Waals surface area contributed by atoms with Crippen molar-refractivity contribution in [1.82, 2.24) is 0 Å². The molecule has 1 aromatic rings. The lowest BCUT2D eigenvalue weighted by Gasteiger charge is -2.18. The number of rotatable bonds is 13. The fraction of sp³-hybridized carbons (Fsp3) is 0.667. The van der Waals surface area contributed by atoms with E-state index in [0.29, 0.717) is 12.8 Å². The second-order valence-corrected chi connectivity index (χ2v) is 9.41. The number of benzene rings is 1. The van der Waals surface area contributed by atoms with E-state index in [1.807, 2.05) is 0 Å². The highest BCUT2D eigenvalue weighted by Gasteiger charge is 2.26. The first-order valence-corrected chi connectivity index (χ1v) is 10.5. The number of hydrogen-bond donors (Lipinski definition) is 2. The Hall–Kier alpha value is -1.84. The fourth-order valence-electron chi connectivity index (χ4n) is 3.32. The summed E-state index contributed by atoms with van der Waals surface area (Å²) in [7, 11) is 0. The van der Waals surface area contributed by atoms with Gasteiger partial charge >= 0.3 is 11.9 Å². The highest BCUT2D eigenvalue weighted by atomic mass is 16.4. The summed E-state index contributed by atoms with van der Waals surface area (Å²) in [5.41, 5.74) is 2.72. The molecule has 2 N–H and O–H groups in total. The van der Waals surface area contributed by atoms with Crippen LogP contribution in [0.3, 0.4) is 0 Å². The molecule has 0 atom stereocenters. The number of unbranched alkanes of at least 4 members (excludes halogenated alkanes) is 3. The Morgan fingerprint density at radius 1 is 0.786 bits per heavy atom. The monoisotopic (exact) mass is 390 g/mol. The second-order valence-electron chi connectivity index (χ2n) is 9.41. The lowest BCUT2D eigenvalue weighted by molar-refractivity contribution is -0.148. The van der Waals surface area contributed by atoms with Gasteiger partial charge < -0.3 is 10.2 Å². The molecule has 4 heteroatoms. The summed E-state index contributed by atoms with van der Waals surface area (Å²) in [6.45, 7) is 9.30. The van der Waals surface area contributed by atoms with Crippen LogP contribution in [0.1, 0.15) is 89.3 Å². The van der Waals surface area contributed by atoms with Crippen molar-refractivity contribution in [3.8, 4) is 0 Å². The molecule has 0 amide bonds. The van der Waals surface area contributed by atoms with Crippen molar-refractivity contribution in [2.75, 3.05) is 0 Å². The van der Waals surface area contributed by atoms with Crippen molar-refractivity contribution < 1.29 is 19.8 Å². The summed E-state index contributed by atoms with van der Waals surface area (Å²) in [4.78, 5) is 22.3. The number of aliphatic carboxylic acids is 2. The maximum atomic E-state index is 11.2. The molecular formula is C24H38O4. The summed E-state index contributed by atoms with van der Waals surface area (Å²) in [5.74, 6) is -1.44. The van der Waals surface area contributed by atoms with E-state index in [4.69, 9.17) is 0 Å². The zero-order chi connectivity index (χ0) is 21.4. The van der Waals surface area contributed by atoms with Crippen LogP contribution in [0.25, 0.3) is 0 Å². The molecule has 0 saturated carbocycles. The van der Waals surface area contributed by atoms with Crippen LogP contribution in [0.5, 0.6) is 0 Å². The fourth-order valence-corrected chi connectivity index (χ4v) is 3.32. The van der Waals surface area contributed by atoms with Crippen molar-refractivity contribution in [1.29, 1.82) is 0 Å². The Kier molecular flexibility index (Phi) is 9.19. The van der Waals surface area contributed by atoms with Crippen molar-refractivity contribution in [2.24, 2.45) is 10.8 Å². The predicted octanol–water partition coefficient (Wildman–Crippen LogP) is 6.03. The summed E-state index contributed by atoms with van der Waals surface area (Å²) in [5, 5.41) is 18.4. The van der Waals surface area contributed by atoms with Gasteiger partial charge in [-0.3, -0.25) is 9.59 Å². The molecule has 158 valence electrons. The first-order chi connectivity index (χ1) is 13.0. The van der Waals surface area contributed by atoms with E-state index in [-0.39, 0.29) is 0 Å². The van der Waals surface area contributed by atoms with Crippen LogP contribution < -0.4 is 0 Å². The average Bonchev–Trinajstić information content (AvgIpc) is 2.60. The van der Waals surface area contributed by atoms with Gasteiger partial charge in [0.25, 0.3) is 0 Å². The van der Waals surface area contributed by atoms with Gasteiger partial charge in [0.2, 0.25) is 0 Å². The minimum atomic E-state index is -0.725. The molecule has 0 radical (unpaired) electrons. The van der Waals surface area contributed by atoms with Gasteiger partial charge in [0.1, 0.15) is 0 Å². The Balaban J connectivity index is 2.42. The minimum Gasteiger partial charge on any atom is -0.481 e. The lowest BCUT2D eigenvalue weighted by atomic mass is 9.86. The van der Waals surface area contributed by atoms with E-state index in [9.17, 15) is 19.8 Å². The second kappa shape index (κ2) is 10.6. The van der Waals surface area contributed by atoms with Gasteiger partial charge in [-0.2, -0.15) is 0 Å². The van der Waals surface area contributed by atoms with Crippen LogP contribution in [0.2, 0.25) is 0 Å². The normalized spacial score (nSPS) is 12.2. The van der Waals surface area contributed by atoms with E-state index < -0.39 is 22.8 Å². The molecule has 0 aliphatic rings. The summed E-state index contributed by atoms with van der Waals surface area (Å²) < 4.78 is 0. The van der Waals surface area contributed by atoms with Gasteiger partial charge in [-0.15, -0.1) is 0 Å². The maximum Gasteiger partial charge on any atom is 0.309 e. The predicted molar refractivity (Wildman–Crippen MR) is 114 cm³/mol. The molecule has 0 unspecified atom stereocenters. The van der Waals surface area contributed by atoms with Gasteiger partial charge in [-0.05, 0) is 89.8 Å². The molecule has 0 aromatic heterocycles. The molecule has 0 aliphatic heterocycles. The van der Waals surface area contributed by atoms with Crippen molar-refractivity contribution in [2.45, 2.75) is 92.4 Å². The third-order valence-electron chi connectivity index (χ3n) is 5.84. The van der Waals surface area contributed by atoms with Crippen LogP contribution in [0, 0.1) is 17.8 Å². The minimum absolute atomic E-state index is 0.634. The first kappa shape index (κ1) is 24.2. The van der Waals surface area contributed by atoms with Crippen LogP contribution in [-0.2, 0) is 22.4 Å². The van der Waals surface area contributed by atoms with E-state index in [1.165, 1.54) is 16.7 Å². The van der Waals surface area contributed by atoms with Gasteiger partial charge in [0.05, 0.1) is 10.8 Å². The first-order valence-electron chi connectivity index (χ1n) is 10.5. The smallest absolute Gasteiger partial charge is 0.309 e. The number of hydrogen-bond acceptors (Lipinski definition) is 2. The van der Waals surface area contributed by atoms with Crippen LogP contribution in [0.15, 0.2) is 18.2 Å². The van der Waals surface area contributed by atoms with Crippen LogP contribution in [-0.4, -0.2) is 22.2 Å². The topological polar surface area (TPSA) is 74.6 Å². The standard InChI is InChI=1S/C24H38O4/c1-18-13-14-19(11-8-10-16-24(4,5)22(27)28)17-20(18)12-7-6-9-15-23(2,3)21(25)26/h13-14,17H,6-12,15-16H2,1-5H3,(H,25,26)(H,27,28). The quantitative estimate of drug-likeness (QED) is 0.403. The molecule has 0 spiro atoms. The highest BCUT2D eigenvalue weighted by Crippen LogP contribution is 2.26. The zero-order valence-corrected chi connectivity index (χ0v) is 18.3. The molecule has 0 heterocycles.